The maximum absolute atomic E-state index is 11.9. The molecule has 1 amide bonds. The second-order valence-electron chi connectivity index (χ2n) is 6.46. The number of aliphatic imine (C=N–C) groups is 2. The summed E-state index contributed by atoms with van der Waals surface area (Å²) in [6, 6.07) is 7.46. The lowest BCUT2D eigenvalue weighted by atomic mass is 9.91. The van der Waals surface area contributed by atoms with E-state index in [0.29, 0.717) is 30.1 Å². The van der Waals surface area contributed by atoms with Gasteiger partial charge >= 0.3 is 0 Å². The van der Waals surface area contributed by atoms with Gasteiger partial charge in [-0.2, -0.15) is 5.26 Å². The molecule has 1 aromatic heterocycles. The molecule has 0 bridgehead atoms. The van der Waals surface area contributed by atoms with Crippen LogP contribution in [0.3, 0.4) is 0 Å². The molecule has 0 aliphatic carbocycles. The lowest BCUT2D eigenvalue weighted by Gasteiger charge is -2.17. The van der Waals surface area contributed by atoms with E-state index in [1.807, 2.05) is 6.92 Å². The molecule has 1 aromatic rings. The third-order valence-electron chi connectivity index (χ3n) is 3.96. The minimum absolute atomic E-state index is 0.246. The second-order valence-corrected chi connectivity index (χ2v) is 6.85. The van der Waals surface area contributed by atoms with E-state index in [0.717, 1.165) is 5.71 Å². The number of nitrogens with two attached hydrogens (primary N) is 1. The molecule has 0 saturated carbocycles. The monoisotopic (exact) mass is 357 g/mol. The molecule has 1 unspecified atom stereocenters. The first-order valence-electron chi connectivity index (χ1n) is 7.91. The smallest absolute Gasteiger partial charge is 0.226 e. The maximum Gasteiger partial charge on any atom is 0.226 e. The van der Waals surface area contributed by atoms with Crippen LogP contribution in [0.5, 0.6) is 0 Å². The van der Waals surface area contributed by atoms with Crippen molar-refractivity contribution in [2.24, 2.45) is 21.6 Å². The van der Waals surface area contributed by atoms with Crippen molar-refractivity contribution in [3.05, 3.63) is 35.1 Å². The van der Waals surface area contributed by atoms with Gasteiger partial charge in [0.25, 0.3) is 0 Å². The summed E-state index contributed by atoms with van der Waals surface area (Å²) < 4.78 is 0. The van der Waals surface area contributed by atoms with Crippen LogP contribution in [0.25, 0.3) is 0 Å². The van der Waals surface area contributed by atoms with E-state index in [1.54, 1.807) is 38.1 Å². The third-order valence-corrected chi connectivity index (χ3v) is 4.15. The highest BCUT2D eigenvalue weighted by molar-refractivity contribution is 6.32. The Morgan fingerprint density at radius 3 is 2.84 bits per heavy atom. The Morgan fingerprint density at radius 2 is 2.20 bits per heavy atom. The number of carbonyl (C=O) groups is 1. The van der Waals surface area contributed by atoms with Crippen LogP contribution in [0.1, 0.15) is 39.3 Å². The highest BCUT2D eigenvalue weighted by Crippen LogP contribution is 2.24. The van der Waals surface area contributed by atoms with Gasteiger partial charge in [0, 0.05) is 5.71 Å². The number of aromatic nitrogens is 1. The lowest BCUT2D eigenvalue weighted by Crippen LogP contribution is -2.30. The van der Waals surface area contributed by atoms with Crippen molar-refractivity contribution in [2.75, 3.05) is 0 Å². The lowest BCUT2D eigenvalue weighted by molar-refractivity contribution is -0.119. The van der Waals surface area contributed by atoms with Crippen LogP contribution >= 0.6 is 11.6 Å². The van der Waals surface area contributed by atoms with Crippen molar-refractivity contribution < 1.29 is 4.79 Å². The molecule has 7 heteroatoms. The molecule has 0 radical (unpaired) electrons. The Morgan fingerprint density at radius 1 is 1.48 bits per heavy atom. The summed E-state index contributed by atoms with van der Waals surface area (Å²) >= 11 is 6.12. The fourth-order valence-corrected chi connectivity index (χ4v) is 2.67. The Labute approximate surface area is 152 Å². The van der Waals surface area contributed by atoms with E-state index in [2.05, 4.69) is 21.0 Å². The number of hydrogen-bond donors (Lipinski definition) is 1. The molecular formula is C18H20ClN5O. The predicted octanol–water partition coefficient (Wildman–Crippen LogP) is 3.39. The largest absolute Gasteiger partial charge is 0.369 e. The number of rotatable bonds is 3. The van der Waals surface area contributed by atoms with Crippen molar-refractivity contribution in [3.63, 3.8) is 0 Å². The van der Waals surface area contributed by atoms with E-state index in [4.69, 9.17) is 17.3 Å². The van der Waals surface area contributed by atoms with E-state index >= 15 is 0 Å². The highest BCUT2D eigenvalue weighted by atomic mass is 35.5. The van der Waals surface area contributed by atoms with Gasteiger partial charge < -0.3 is 5.73 Å². The number of hydrogen-bond acceptors (Lipinski definition) is 5. The van der Waals surface area contributed by atoms with E-state index < -0.39 is 17.2 Å². The summed E-state index contributed by atoms with van der Waals surface area (Å²) in [6.45, 7) is 5.41. The number of nitrogens with zero attached hydrogens (tertiary/aromatic N) is 4. The molecule has 130 valence electrons. The quantitative estimate of drug-likeness (QED) is 0.838. The highest BCUT2D eigenvalue weighted by Gasteiger charge is 2.24. The first kappa shape index (κ1) is 18.8. The minimum Gasteiger partial charge on any atom is -0.369 e. The number of nitriles is 1. The van der Waals surface area contributed by atoms with Gasteiger partial charge in [-0.25, -0.2) is 15.0 Å². The first-order valence-corrected chi connectivity index (χ1v) is 8.29. The average Bonchev–Trinajstić information content (AvgIpc) is 2.53. The number of halogens is 1. The van der Waals surface area contributed by atoms with Crippen molar-refractivity contribution in [2.45, 2.75) is 39.0 Å². The molecule has 0 aromatic carbocycles. The number of allylic oxidation sites excluding steroid dienone is 1. The number of pyridine rings is 1. The predicted molar refractivity (Wildman–Crippen MR) is 98.9 cm³/mol. The molecule has 0 fully saturated rings. The molecule has 6 nitrogen and oxygen atoms in total. The standard InChI is InChI=1S/C18H20ClN5O/c1-11-7-8-12(17(21)25)13(9-15(19)22-11)23-16-6-4-5-14(24-16)18(2,3)10-20/h4-6,9,12H,7-8H2,1-3H3,(H2,21,25)/b15-9-,22-11?,23-13?. The van der Waals surface area contributed by atoms with Gasteiger partial charge in [0.05, 0.1) is 28.8 Å². The van der Waals surface area contributed by atoms with Crippen LogP contribution in [0.2, 0.25) is 0 Å². The van der Waals surface area contributed by atoms with Gasteiger partial charge in [0.1, 0.15) is 5.16 Å². The summed E-state index contributed by atoms with van der Waals surface area (Å²) in [5, 5.41) is 9.52. The van der Waals surface area contributed by atoms with Gasteiger partial charge in [0.2, 0.25) is 5.91 Å². The van der Waals surface area contributed by atoms with Crippen LogP contribution < -0.4 is 5.73 Å². The Balaban J connectivity index is 2.52. The number of primary amides is 1. The molecule has 1 aliphatic rings. The van der Waals surface area contributed by atoms with Gasteiger partial charge in [-0.15, -0.1) is 0 Å². The molecule has 0 saturated heterocycles. The van der Waals surface area contributed by atoms with Crippen molar-refractivity contribution in [3.8, 4) is 6.07 Å². The average molecular weight is 358 g/mol. The molecule has 0 spiro atoms. The van der Waals surface area contributed by atoms with Crippen LogP contribution in [-0.4, -0.2) is 22.3 Å². The molecule has 2 rings (SSSR count). The number of amides is 1. The topological polar surface area (TPSA) is 104 Å². The van der Waals surface area contributed by atoms with Crippen LogP contribution in [0.15, 0.2) is 39.4 Å². The Kier molecular flexibility index (Phi) is 5.70. The van der Waals surface area contributed by atoms with Crippen molar-refractivity contribution in [1.82, 2.24) is 4.98 Å². The van der Waals surface area contributed by atoms with Crippen LogP contribution in [-0.2, 0) is 10.2 Å². The van der Waals surface area contributed by atoms with Gasteiger partial charge in [-0.3, -0.25) is 4.79 Å². The molecule has 2 heterocycles. The van der Waals surface area contributed by atoms with E-state index in [-0.39, 0.29) is 5.16 Å². The fraction of sp³-hybridized carbons (Fsp3) is 0.389. The zero-order chi connectivity index (χ0) is 18.6. The van der Waals surface area contributed by atoms with E-state index in [1.165, 1.54) is 0 Å². The Hall–Kier alpha value is -2.52. The van der Waals surface area contributed by atoms with Gasteiger partial charge in [-0.1, -0.05) is 17.7 Å². The molecule has 1 atom stereocenters. The van der Waals surface area contributed by atoms with Gasteiger partial charge in [0.15, 0.2) is 5.82 Å². The second kappa shape index (κ2) is 7.58. The molecule has 2 N–H and O–H groups in total. The zero-order valence-electron chi connectivity index (χ0n) is 14.5. The SMILES string of the molecule is CC1=N/C(Cl)=C\C(=Nc2cccc(C(C)(C)C#N)n2)C(C(N)=O)CC1. The van der Waals surface area contributed by atoms with Gasteiger partial charge in [-0.05, 0) is 51.8 Å². The fourth-order valence-electron chi connectivity index (χ4n) is 2.42. The van der Waals surface area contributed by atoms with Crippen molar-refractivity contribution >= 4 is 34.7 Å². The zero-order valence-corrected chi connectivity index (χ0v) is 15.2. The first-order chi connectivity index (χ1) is 11.7. The molecule has 1 aliphatic heterocycles. The van der Waals surface area contributed by atoms with E-state index in [9.17, 15) is 10.1 Å². The summed E-state index contributed by atoms with van der Waals surface area (Å²) in [6.07, 6.45) is 2.66. The van der Waals surface area contributed by atoms with Crippen molar-refractivity contribution in [1.29, 1.82) is 5.26 Å². The summed E-state index contributed by atoms with van der Waals surface area (Å²) in [5.41, 5.74) is 6.67. The third kappa shape index (κ3) is 4.74. The minimum atomic E-state index is -0.741. The molecule has 25 heavy (non-hydrogen) atoms. The van der Waals surface area contributed by atoms with Crippen LogP contribution in [0, 0.1) is 17.2 Å². The van der Waals surface area contributed by atoms with Crippen LogP contribution in [0.4, 0.5) is 5.82 Å². The Bertz CT molecular complexity index is 817. The molecular weight excluding hydrogens is 338 g/mol. The maximum atomic E-state index is 11.9. The normalized spacial score (nSPS) is 22.2. The summed E-state index contributed by atoms with van der Waals surface area (Å²) in [7, 11) is 0. The number of carbonyl (C=O) groups excluding carboxylic acids is 1. The summed E-state index contributed by atoms with van der Waals surface area (Å²) in [5.74, 6) is -0.652. The summed E-state index contributed by atoms with van der Waals surface area (Å²) in [4.78, 5) is 25.0.